The third-order valence-corrected chi connectivity index (χ3v) is 2.54. The minimum absolute atomic E-state index is 0.438. The van der Waals surface area contributed by atoms with Crippen molar-refractivity contribution in [2.24, 2.45) is 0 Å². The number of halogens is 5. The second-order valence-corrected chi connectivity index (χ2v) is 4.11. The molecule has 0 saturated heterocycles. The van der Waals surface area contributed by atoms with Crippen molar-refractivity contribution in [2.45, 2.75) is 32.7 Å². The molecule has 1 rings (SSSR count). The molecule has 0 aliphatic rings. The normalized spacial score (nSPS) is 12.4. The molecule has 0 heterocycles. The van der Waals surface area contributed by atoms with Crippen molar-refractivity contribution >= 4 is 5.91 Å². The lowest BCUT2D eigenvalue weighted by molar-refractivity contribution is 0.0926. The third kappa shape index (κ3) is 3.02. The fourth-order valence-corrected chi connectivity index (χ4v) is 1.61. The van der Waals surface area contributed by atoms with Crippen molar-refractivity contribution < 1.29 is 26.7 Å². The first kappa shape index (κ1) is 15.4. The highest BCUT2D eigenvalue weighted by molar-refractivity contribution is 5.95. The van der Waals surface area contributed by atoms with E-state index in [-0.39, 0.29) is 0 Å². The van der Waals surface area contributed by atoms with E-state index in [2.05, 4.69) is 5.32 Å². The van der Waals surface area contributed by atoms with E-state index in [1.54, 1.807) is 6.92 Å². The standard InChI is InChI=1S/C12H12F5NO/c1-3-4-5(2)18-12(19)6-7(13)9(15)11(17)10(16)8(6)14/h5H,3-4H2,1-2H3,(H,18,19)/t5-/m0/s1. The molecule has 1 atom stereocenters. The Bertz CT molecular complexity index is 474. The van der Waals surface area contributed by atoms with Gasteiger partial charge in [0.2, 0.25) is 5.82 Å². The molecule has 0 aliphatic heterocycles. The van der Waals surface area contributed by atoms with Crippen molar-refractivity contribution in [2.75, 3.05) is 0 Å². The molecule has 0 aromatic heterocycles. The Balaban J connectivity index is 3.17. The number of hydrogen-bond acceptors (Lipinski definition) is 1. The minimum atomic E-state index is -2.28. The zero-order chi connectivity index (χ0) is 14.7. The maximum absolute atomic E-state index is 13.3. The van der Waals surface area contributed by atoms with Gasteiger partial charge in [0, 0.05) is 6.04 Å². The summed E-state index contributed by atoms with van der Waals surface area (Å²) < 4.78 is 65.2. The smallest absolute Gasteiger partial charge is 0.257 e. The highest BCUT2D eigenvalue weighted by Gasteiger charge is 2.29. The van der Waals surface area contributed by atoms with Gasteiger partial charge in [-0.1, -0.05) is 13.3 Å². The van der Waals surface area contributed by atoms with E-state index in [1.807, 2.05) is 6.92 Å². The van der Waals surface area contributed by atoms with Crippen LogP contribution in [-0.4, -0.2) is 11.9 Å². The van der Waals surface area contributed by atoms with Crippen LogP contribution in [0, 0.1) is 29.1 Å². The molecule has 1 aromatic carbocycles. The van der Waals surface area contributed by atoms with E-state index in [9.17, 15) is 26.7 Å². The molecule has 0 aliphatic carbocycles. The van der Waals surface area contributed by atoms with Crippen LogP contribution in [0.15, 0.2) is 0 Å². The highest BCUT2D eigenvalue weighted by Crippen LogP contribution is 2.23. The van der Waals surface area contributed by atoms with Crippen molar-refractivity contribution in [3.05, 3.63) is 34.6 Å². The van der Waals surface area contributed by atoms with Crippen LogP contribution in [0.3, 0.4) is 0 Å². The van der Waals surface area contributed by atoms with Gasteiger partial charge in [0.25, 0.3) is 5.91 Å². The zero-order valence-corrected chi connectivity index (χ0v) is 10.3. The fraction of sp³-hybridized carbons (Fsp3) is 0.417. The maximum atomic E-state index is 13.3. The third-order valence-electron chi connectivity index (χ3n) is 2.54. The molecule has 0 spiro atoms. The van der Waals surface area contributed by atoms with E-state index in [0.717, 1.165) is 0 Å². The molecule has 0 radical (unpaired) electrons. The first-order valence-corrected chi connectivity index (χ1v) is 5.63. The van der Waals surface area contributed by atoms with Gasteiger partial charge in [-0.25, -0.2) is 22.0 Å². The van der Waals surface area contributed by atoms with Gasteiger partial charge in [-0.2, -0.15) is 0 Å². The number of nitrogens with one attached hydrogen (secondary N) is 1. The fourth-order valence-electron chi connectivity index (χ4n) is 1.61. The number of amides is 1. The van der Waals surface area contributed by atoms with Crippen molar-refractivity contribution in [1.29, 1.82) is 0 Å². The summed E-state index contributed by atoms with van der Waals surface area (Å²) in [5.74, 6) is -12.1. The first-order chi connectivity index (χ1) is 8.81. The van der Waals surface area contributed by atoms with Crippen LogP contribution >= 0.6 is 0 Å². The Hall–Kier alpha value is -1.66. The van der Waals surface area contributed by atoms with Gasteiger partial charge in [-0.3, -0.25) is 4.79 Å². The van der Waals surface area contributed by atoms with Crippen molar-refractivity contribution in [1.82, 2.24) is 5.32 Å². The van der Waals surface area contributed by atoms with E-state index in [1.165, 1.54) is 0 Å². The van der Waals surface area contributed by atoms with Gasteiger partial charge in [0.05, 0.1) is 0 Å². The second-order valence-electron chi connectivity index (χ2n) is 4.11. The van der Waals surface area contributed by atoms with E-state index in [4.69, 9.17) is 0 Å². The highest BCUT2D eigenvalue weighted by atomic mass is 19.2. The monoisotopic (exact) mass is 281 g/mol. The van der Waals surface area contributed by atoms with Crippen LogP contribution in [-0.2, 0) is 0 Å². The molecule has 0 fully saturated rings. The molecule has 0 unspecified atom stereocenters. The van der Waals surface area contributed by atoms with Crippen molar-refractivity contribution in [3.63, 3.8) is 0 Å². The van der Waals surface area contributed by atoms with Gasteiger partial charge < -0.3 is 5.32 Å². The predicted octanol–water partition coefficient (Wildman–Crippen LogP) is 3.30. The summed E-state index contributed by atoms with van der Waals surface area (Å²) in [5.41, 5.74) is -1.46. The van der Waals surface area contributed by atoms with Crippen LogP contribution in [0.1, 0.15) is 37.0 Å². The molecule has 0 saturated carbocycles. The second kappa shape index (κ2) is 5.99. The first-order valence-electron chi connectivity index (χ1n) is 5.63. The molecule has 106 valence electrons. The predicted molar refractivity (Wildman–Crippen MR) is 58.1 cm³/mol. The largest absolute Gasteiger partial charge is 0.349 e. The Morgan fingerprint density at radius 3 is 1.84 bits per heavy atom. The Morgan fingerprint density at radius 1 is 1.00 bits per heavy atom. The topological polar surface area (TPSA) is 29.1 Å². The van der Waals surface area contributed by atoms with Crippen LogP contribution in [0.2, 0.25) is 0 Å². The van der Waals surface area contributed by atoms with Crippen LogP contribution in [0.5, 0.6) is 0 Å². The number of carbonyl (C=O) groups excluding carboxylic acids is 1. The lowest BCUT2D eigenvalue weighted by Crippen LogP contribution is -2.34. The molecular formula is C12H12F5NO. The average molecular weight is 281 g/mol. The molecular weight excluding hydrogens is 269 g/mol. The summed E-state index contributed by atoms with van der Waals surface area (Å²) in [7, 11) is 0. The summed E-state index contributed by atoms with van der Waals surface area (Å²) in [5, 5.41) is 2.18. The van der Waals surface area contributed by atoms with Gasteiger partial charge in [-0.05, 0) is 13.3 Å². The van der Waals surface area contributed by atoms with Gasteiger partial charge in [0.15, 0.2) is 23.3 Å². The Morgan fingerprint density at radius 2 is 1.42 bits per heavy atom. The zero-order valence-electron chi connectivity index (χ0n) is 10.3. The number of carbonyl (C=O) groups is 1. The van der Waals surface area contributed by atoms with Gasteiger partial charge in [0.1, 0.15) is 5.56 Å². The Kier molecular flexibility index (Phi) is 4.85. The molecule has 1 N–H and O–H groups in total. The quantitative estimate of drug-likeness (QED) is 0.512. The summed E-state index contributed by atoms with van der Waals surface area (Å²) in [6.07, 6.45) is 1.21. The van der Waals surface area contributed by atoms with Gasteiger partial charge >= 0.3 is 0 Å². The summed E-state index contributed by atoms with van der Waals surface area (Å²) in [6.45, 7) is 3.38. The molecule has 1 aromatic rings. The maximum Gasteiger partial charge on any atom is 0.257 e. The molecule has 19 heavy (non-hydrogen) atoms. The molecule has 7 heteroatoms. The van der Waals surface area contributed by atoms with Crippen molar-refractivity contribution in [3.8, 4) is 0 Å². The number of rotatable bonds is 4. The molecule has 2 nitrogen and oxygen atoms in total. The molecule has 1 amide bonds. The summed E-state index contributed by atoms with van der Waals surface area (Å²) >= 11 is 0. The minimum Gasteiger partial charge on any atom is -0.349 e. The molecule has 0 bridgehead atoms. The van der Waals surface area contributed by atoms with E-state index >= 15 is 0 Å². The van der Waals surface area contributed by atoms with Crippen LogP contribution < -0.4 is 5.32 Å². The van der Waals surface area contributed by atoms with E-state index < -0.39 is 46.6 Å². The average Bonchev–Trinajstić information content (AvgIpc) is 2.34. The number of benzene rings is 1. The summed E-state index contributed by atoms with van der Waals surface area (Å²) in [6, 6.07) is -0.438. The SMILES string of the molecule is CCC[C@H](C)NC(=O)c1c(F)c(F)c(F)c(F)c1F. The van der Waals surface area contributed by atoms with Crippen LogP contribution in [0.25, 0.3) is 0 Å². The van der Waals surface area contributed by atoms with Crippen LogP contribution in [0.4, 0.5) is 22.0 Å². The van der Waals surface area contributed by atoms with E-state index in [0.29, 0.717) is 12.8 Å². The van der Waals surface area contributed by atoms with Gasteiger partial charge in [-0.15, -0.1) is 0 Å². The lowest BCUT2D eigenvalue weighted by Gasteiger charge is -2.14. The number of hydrogen-bond donors (Lipinski definition) is 1. The lowest BCUT2D eigenvalue weighted by atomic mass is 10.1. The summed E-state index contributed by atoms with van der Waals surface area (Å²) in [4.78, 5) is 11.5. The Labute approximate surface area is 106 Å².